The van der Waals surface area contributed by atoms with Crippen LogP contribution in [0.25, 0.3) is 0 Å². The van der Waals surface area contributed by atoms with Gasteiger partial charge >= 0.3 is 0 Å². The topological polar surface area (TPSA) is 89.7 Å². The standard InChI is InChI=1S/C11H20N2O4S/c1-8-5-13(6-10(4-12)17-8)11(14)9-2-3-18(15,16)7-9/h8-10H,2-7,12H2,1H3. The third-order valence-corrected chi connectivity index (χ3v) is 5.25. The van der Waals surface area contributed by atoms with Gasteiger partial charge in [0.25, 0.3) is 0 Å². The molecule has 0 radical (unpaired) electrons. The quantitative estimate of drug-likeness (QED) is 0.698. The lowest BCUT2D eigenvalue weighted by molar-refractivity contribution is -0.147. The van der Waals surface area contributed by atoms with Gasteiger partial charge in [0.2, 0.25) is 5.91 Å². The largest absolute Gasteiger partial charge is 0.370 e. The van der Waals surface area contributed by atoms with E-state index in [2.05, 4.69) is 0 Å². The summed E-state index contributed by atoms with van der Waals surface area (Å²) in [6, 6.07) is 0. The summed E-state index contributed by atoms with van der Waals surface area (Å²) in [5.74, 6) is -0.322. The Morgan fingerprint density at radius 2 is 2.17 bits per heavy atom. The Hall–Kier alpha value is -0.660. The molecule has 2 rings (SSSR count). The van der Waals surface area contributed by atoms with Crippen LogP contribution in [-0.4, -0.2) is 62.6 Å². The molecule has 7 heteroatoms. The third kappa shape index (κ3) is 3.02. The smallest absolute Gasteiger partial charge is 0.226 e. The van der Waals surface area contributed by atoms with Crippen molar-refractivity contribution in [1.29, 1.82) is 0 Å². The number of rotatable bonds is 2. The highest BCUT2D eigenvalue weighted by Crippen LogP contribution is 2.22. The number of nitrogens with two attached hydrogens (primary N) is 1. The molecule has 18 heavy (non-hydrogen) atoms. The monoisotopic (exact) mass is 276 g/mol. The molecule has 2 fully saturated rings. The number of ether oxygens (including phenoxy) is 1. The van der Waals surface area contributed by atoms with Crippen molar-refractivity contribution < 1.29 is 17.9 Å². The van der Waals surface area contributed by atoms with E-state index in [-0.39, 0.29) is 35.5 Å². The molecule has 0 spiro atoms. The normalized spacial score (nSPS) is 35.7. The van der Waals surface area contributed by atoms with Crippen LogP contribution < -0.4 is 5.73 Å². The number of amides is 1. The molecule has 6 nitrogen and oxygen atoms in total. The minimum atomic E-state index is -3.02. The minimum absolute atomic E-state index is 0.00906. The molecular formula is C11H20N2O4S. The zero-order valence-electron chi connectivity index (χ0n) is 10.5. The van der Waals surface area contributed by atoms with Crippen LogP contribution in [0.4, 0.5) is 0 Å². The summed E-state index contributed by atoms with van der Waals surface area (Å²) in [5.41, 5.74) is 5.57. The first kappa shape index (κ1) is 13.8. The first-order valence-electron chi connectivity index (χ1n) is 6.26. The van der Waals surface area contributed by atoms with Gasteiger partial charge in [0, 0.05) is 19.6 Å². The summed E-state index contributed by atoms with van der Waals surface area (Å²) in [6.45, 7) is 3.26. The molecule has 0 aromatic rings. The Kier molecular flexibility index (Phi) is 3.93. The molecular weight excluding hydrogens is 256 g/mol. The van der Waals surface area contributed by atoms with E-state index in [9.17, 15) is 13.2 Å². The predicted octanol–water partition coefficient (Wildman–Crippen LogP) is -1.00. The van der Waals surface area contributed by atoms with Gasteiger partial charge in [-0.3, -0.25) is 4.79 Å². The van der Waals surface area contributed by atoms with Gasteiger partial charge in [-0.15, -0.1) is 0 Å². The summed E-state index contributed by atoms with van der Waals surface area (Å²) < 4.78 is 28.4. The summed E-state index contributed by atoms with van der Waals surface area (Å²) in [6.07, 6.45) is 0.255. The van der Waals surface area contributed by atoms with E-state index >= 15 is 0 Å². The van der Waals surface area contributed by atoms with Crippen LogP contribution >= 0.6 is 0 Å². The fourth-order valence-electron chi connectivity index (χ4n) is 2.60. The molecule has 3 atom stereocenters. The van der Waals surface area contributed by atoms with Crippen LogP contribution in [0, 0.1) is 5.92 Å². The lowest BCUT2D eigenvalue weighted by atomic mass is 10.1. The van der Waals surface area contributed by atoms with E-state index in [0.717, 1.165) is 0 Å². The van der Waals surface area contributed by atoms with E-state index in [1.54, 1.807) is 4.90 Å². The third-order valence-electron chi connectivity index (χ3n) is 3.48. The molecule has 2 aliphatic rings. The Balaban J connectivity index is 2.00. The van der Waals surface area contributed by atoms with Crippen molar-refractivity contribution in [2.24, 2.45) is 11.7 Å². The summed E-state index contributed by atoms with van der Waals surface area (Å²) in [7, 11) is -3.02. The van der Waals surface area contributed by atoms with Gasteiger partial charge in [0.1, 0.15) is 0 Å². The maximum absolute atomic E-state index is 12.3. The van der Waals surface area contributed by atoms with Gasteiger partial charge in [-0.05, 0) is 13.3 Å². The van der Waals surface area contributed by atoms with Crippen LogP contribution in [0.5, 0.6) is 0 Å². The fraction of sp³-hybridized carbons (Fsp3) is 0.909. The van der Waals surface area contributed by atoms with Crippen molar-refractivity contribution >= 4 is 15.7 Å². The van der Waals surface area contributed by atoms with Crippen LogP contribution in [-0.2, 0) is 19.4 Å². The Bertz CT molecular complexity index is 423. The summed E-state index contributed by atoms with van der Waals surface area (Å²) in [5, 5.41) is 0. The van der Waals surface area contributed by atoms with E-state index < -0.39 is 9.84 Å². The van der Waals surface area contributed by atoms with Crippen molar-refractivity contribution in [3.63, 3.8) is 0 Å². The van der Waals surface area contributed by atoms with Gasteiger partial charge in [0.05, 0.1) is 29.6 Å². The molecule has 2 N–H and O–H groups in total. The van der Waals surface area contributed by atoms with Crippen molar-refractivity contribution in [3.8, 4) is 0 Å². The van der Waals surface area contributed by atoms with Gasteiger partial charge in [-0.25, -0.2) is 8.42 Å². The summed E-state index contributed by atoms with van der Waals surface area (Å²) in [4.78, 5) is 14.0. The molecule has 0 aromatic carbocycles. The molecule has 0 saturated carbocycles. The van der Waals surface area contributed by atoms with Gasteiger partial charge < -0.3 is 15.4 Å². The highest BCUT2D eigenvalue weighted by molar-refractivity contribution is 7.91. The van der Waals surface area contributed by atoms with Crippen LogP contribution in [0.1, 0.15) is 13.3 Å². The lowest BCUT2D eigenvalue weighted by Gasteiger charge is -2.37. The predicted molar refractivity (Wildman–Crippen MR) is 66.7 cm³/mol. The second-order valence-corrected chi connectivity index (χ2v) is 7.38. The highest BCUT2D eigenvalue weighted by Gasteiger charge is 2.37. The average molecular weight is 276 g/mol. The second-order valence-electron chi connectivity index (χ2n) is 5.15. The zero-order valence-corrected chi connectivity index (χ0v) is 11.4. The molecule has 2 saturated heterocycles. The SMILES string of the molecule is CC1CN(C(=O)C2CCS(=O)(=O)C2)CC(CN)O1. The maximum Gasteiger partial charge on any atom is 0.226 e. The second kappa shape index (κ2) is 5.14. The van der Waals surface area contributed by atoms with Crippen molar-refractivity contribution in [1.82, 2.24) is 4.90 Å². The van der Waals surface area contributed by atoms with E-state index in [1.165, 1.54) is 0 Å². The van der Waals surface area contributed by atoms with Gasteiger partial charge in [0.15, 0.2) is 9.84 Å². The van der Waals surface area contributed by atoms with E-state index in [0.29, 0.717) is 26.1 Å². The molecule has 2 heterocycles. The number of hydrogen-bond acceptors (Lipinski definition) is 5. The van der Waals surface area contributed by atoms with E-state index in [4.69, 9.17) is 10.5 Å². The van der Waals surface area contributed by atoms with Crippen LogP contribution in [0.3, 0.4) is 0 Å². The Morgan fingerprint density at radius 3 is 2.72 bits per heavy atom. The van der Waals surface area contributed by atoms with Crippen molar-refractivity contribution in [3.05, 3.63) is 0 Å². The molecule has 3 unspecified atom stereocenters. The Labute approximate surface area is 107 Å². The van der Waals surface area contributed by atoms with Crippen molar-refractivity contribution in [2.45, 2.75) is 25.6 Å². The molecule has 1 amide bonds. The number of morpholine rings is 1. The number of sulfone groups is 1. The highest BCUT2D eigenvalue weighted by atomic mass is 32.2. The lowest BCUT2D eigenvalue weighted by Crippen LogP contribution is -2.53. The van der Waals surface area contributed by atoms with Crippen LogP contribution in [0.15, 0.2) is 0 Å². The number of carbonyl (C=O) groups is 1. The molecule has 0 aliphatic carbocycles. The molecule has 104 valence electrons. The number of hydrogen-bond donors (Lipinski definition) is 1. The minimum Gasteiger partial charge on any atom is -0.370 e. The first-order valence-corrected chi connectivity index (χ1v) is 8.08. The van der Waals surface area contributed by atoms with Crippen molar-refractivity contribution in [2.75, 3.05) is 31.1 Å². The molecule has 0 aromatic heterocycles. The summed E-state index contributed by atoms with van der Waals surface area (Å²) >= 11 is 0. The van der Waals surface area contributed by atoms with Gasteiger partial charge in [-0.2, -0.15) is 0 Å². The Morgan fingerprint density at radius 1 is 1.44 bits per heavy atom. The van der Waals surface area contributed by atoms with E-state index in [1.807, 2.05) is 6.92 Å². The number of carbonyl (C=O) groups excluding carboxylic acids is 1. The van der Waals surface area contributed by atoms with Gasteiger partial charge in [-0.1, -0.05) is 0 Å². The average Bonchev–Trinajstić information content (AvgIpc) is 2.67. The fourth-order valence-corrected chi connectivity index (χ4v) is 4.34. The first-order chi connectivity index (χ1) is 8.41. The zero-order chi connectivity index (χ0) is 13.3. The van der Waals surface area contributed by atoms with Crippen LogP contribution in [0.2, 0.25) is 0 Å². The maximum atomic E-state index is 12.3. The molecule has 0 bridgehead atoms. The molecule has 2 aliphatic heterocycles. The number of nitrogens with zero attached hydrogens (tertiary/aromatic N) is 1.